The number of carbonyl (C=O) groups excluding carboxylic acids is 1. The molecule has 0 saturated carbocycles. The minimum atomic E-state index is -1.24. The molecule has 1 amide bonds. The lowest BCUT2D eigenvalue weighted by molar-refractivity contribution is -0.132. The smallest absolute Gasteiger partial charge is 0.219 e. The SMILES string of the molecule is CC(=O)N1CCN(CC2(O)CCN(c3cccc(C)c3)CC2)CC(O)(COc2ccc(C)c(C)c2)C1. The van der Waals surface area contributed by atoms with Gasteiger partial charge in [0.05, 0.1) is 12.1 Å². The zero-order valence-corrected chi connectivity index (χ0v) is 22.2. The lowest BCUT2D eigenvalue weighted by atomic mass is 9.90. The molecule has 4 rings (SSSR count). The summed E-state index contributed by atoms with van der Waals surface area (Å²) in [5, 5.41) is 23.1. The van der Waals surface area contributed by atoms with Gasteiger partial charge in [0, 0.05) is 51.9 Å². The van der Waals surface area contributed by atoms with E-state index < -0.39 is 11.2 Å². The van der Waals surface area contributed by atoms with Crippen LogP contribution in [-0.2, 0) is 4.79 Å². The van der Waals surface area contributed by atoms with Crippen molar-refractivity contribution in [1.82, 2.24) is 9.80 Å². The fourth-order valence-corrected chi connectivity index (χ4v) is 5.34. The number of ether oxygens (including phenoxy) is 1. The van der Waals surface area contributed by atoms with E-state index in [0.717, 1.165) is 18.7 Å². The summed E-state index contributed by atoms with van der Waals surface area (Å²) in [5.41, 5.74) is 2.68. The summed E-state index contributed by atoms with van der Waals surface area (Å²) in [5.74, 6) is 0.644. The highest BCUT2D eigenvalue weighted by molar-refractivity contribution is 5.73. The van der Waals surface area contributed by atoms with E-state index in [1.165, 1.54) is 23.7 Å². The van der Waals surface area contributed by atoms with Gasteiger partial charge in [-0.05, 0) is 74.6 Å². The van der Waals surface area contributed by atoms with Gasteiger partial charge in [0.2, 0.25) is 5.91 Å². The number of aliphatic hydroxyl groups is 2. The van der Waals surface area contributed by atoms with E-state index in [9.17, 15) is 15.0 Å². The number of piperidine rings is 1. The Morgan fingerprint density at radius 3 is 2.33 bits per heavy atom. The fraction of sp³-hybridized carbons (Fsp3) is 0.552. The van der Waals surface area contributed by atoms with Gasteiger partial charge in [-0.2, -0.15) is 0 Å². The molecule has 7 heteroatoms. The molecule has 7 nitrogen and oxygen atoms in total. The largest absolute Gasteiger partial charge is 0.490 e. The highest BCUT2D eigenvalue weighted by Crippen LogP contribution is 2.29. The lowest BCUT2D eigenvalue weighted by Crippen LogP contribution is -2.55. The van der Waals surface area contributed by atoms with Crippen LogP contribution in [0.25, 0.3) is 0 Å². The van der Waals surface area contributed by atoms with E-state index in [1.54, 1.807) is 4.90 Å². The molecule has 2 saturated heterocycles. The van der Waals surface area contributed by atoms with Crippen molar-refractivity contribution < 1.29 is 19.7 Å². The Kier molecular flexibility index (Phi) is 7.93. The van der Waals surface area contributed by atoms with Gasteiger partial charge in [-0.25, -0.2) is 0 Å². The summed E-state index contributed by atoms with van der Waals surface area (Å²) in [4.78, 5) is 18.4. The van der Waals surface area contributed by atoms with Gasteiger partial charge in [-0.3, -0.25) is 9.69 Å². The molecule has 2 aromatic rings. The number of anilines is 1. The summed E-state index contributed by atoms with van der Waals surface area (Å²) in [7, 11) is 0. The van der Waals surface area contributed by atoms with Crippen molar-refractivity contribution >= 4 is 11.6 Å². The van der Waals surface area contributed by atoms with Crippen LogP contribution in [0.2, 0.25) is 0 Å². The third-order valence-electron chi connectivity index (χ3n) is 7.70. The molecule has 2 N–H and O–H groups in total. The lowest BCUT2D eigenvalue weighted by Gasteiger charge is -2.42. The molecule has 2 aromatic carbocycles. The average Bonchev–Trinajstić information content (AvgIpc) is 2.99. The average molecular weight is 496 g/mol. The van der Waals surface area contributed by atoms with E-state index in [1.807, 2.05) is 25.1 Å². The maximum absolute atomic E-state index is 12.3. The van der Waals surface area contributed by atoms with Gasteiger partial charge >= 0.3 is 0 Å². The number of hydrogen-bond acceptors (Lipinski definition) is 6. The number of rotatable bonds is 6. The van der Waals surface area contributed by atoms with Crippen LogP contribution < -0.4 is 9.64 Å². The number of amides is 1. The van der Waals surface area contributed by atoms with Crippen molar-refractivity contribution in [2.75, 3.05) is 57.3 Å². The van der Waals surface area contributed by atoms with Crippen LogP contribution in [0.4, 0.5) is 5.69 Å². The van der Waals surface area contributed by atoms with Gasteiger partial charge in [-0.1, -0.05) is 18.2 Å². The predicted molar refractivity (Wildman–Crippen MR) is 143 cm³/mol. The highest BCUT2D eigenvalue weighted by Gasteiger charge is 2.41. The molecule has 0 spiro atoms. The first-order chi connectivity index (χ1) is 17.0. The molecule has 0 aromatic heterocycles. The van der Waals surface area contributed by atoms with Crippen molar-refractivity contribution in [3.63, 3.8) is 0 Å². The van der Waals surface area contributed by atoms with Crippen molar-refractivity contribution in [3.05, 3.63) is 59.2 Å². The summed E-state index contributed by atoms with van der Waals surface area (Å²) >= 11 is 0. The van der Waals surface area contributed by atoms with Crippen molar-refractivity contribution in [2.24, 2.45) is 0 Å². The second kappa shape index (κ2) is 10.8. The first-order valence-corrected chi connectivity index (χ1v) is 13.0. The fourth-order valence-electron chi connectivity index (χ4n) is 5.34. The number of benzene rings is 2. The van der Waals surface area contributed by atoms with Crippen LogP contribution in [-0.4, -0.2) is 89.5 Å². The highest BCUT2D eigenvalue weighted by atomic mass is 16.5. The van der Waals surface area contributed by atoms with Gasteiger partial charge in [0.15, 0.2) is 0 Å². The third kappa shape index (κ3) is 6.58. The molecular formula is C29H41N3O4. The predicted octanol–water partition coefficient (Wildman–Crippen LogP) is 2.92. The summed E-state index contributed by atoms with van der Waals surface area (Å²) in [6.45, 7) is 11.5. The zero-order chi connectivity index (χ0) is 25.9. The molecule has 2 aliphatic rings. The summed E-state index contributed by atoms with van der Waals surface area (Å²) in [6, 6.07) is 14.4. The maximum atomic E-state index is 12.3. The number of β-amino-alcohol motifs (C(OH)–C–C–N with tert-alkyl or cyclic N) is 2. The second-order valence-electron chi connectivity index (χ2n) is 11.0. The topological polar surface area (TPSA) is 76.5 Å². The second-order valence-corrected chi connectivity index (χ2v) is 11.0. The Morgan fingerprint density at radius 2 is 1.67 bits per heavy atom. The Hall–Kier alpha value is -2.61. The first kappa shape index (κ1) is 26.5. The van der Waals surface area contributed by atoms with E-state index >= 15 is 0 Å². The molecule has 2 aliphatic heterocycles. The van der Waals surface area contributed by atoms with Gasteiger partial charge in [0.25, 0.3) is 0 Å². The van der Waals surface area contributed by atoms with Crippen LogP contribution >= 0.6 is 0 Å². The van der Waals surface area contributed by atoms with Gasteiger partial charge in [-0.15, -0.1) is 0 Å². The molecule has 0 bridgehead atoms. The molecule has 0 radical (unpaired) electrons. The molecule has 1 unspecified atom stereocenters. The van der Waals surface area contributed by atoms with Crippen molar-refractivity contribution in [3.8, 4) is 5.75 Å². The zero-order valence-electron chi connectivity index (χ0n) is 22.2. The molecule has 196 valence electrons. The van der Waals surface area contributed by atoms with Crippen LogP contribution in [0.3, 0.4) is 0 Å². The minimum absolute atomic E-state index is 0.0633. The summed E-state index contributed by atoms with van der Waals surface area (Å²) in [6.07, 6.45) is 1.32. The number of carbonyl (C=O) groups is 1. The normalized spacial score (nSPS) is 22.8. The number of hydrogen-bond donors (Lipinski definition) is 2. The van der Waals surface area contributed by atoms with Gasteiger partial charge in [0.1, 0.15) is 18.0 Å². The van der Waals surface area contributed by atoms with Gasteiger partial charge < -0.3 is 24.7 Å². The van der Waals surface area contributed by atoms with Crippen LogP contribution in [0.15, 0.2) is 42.5 Å². The Labute approximate surface area is 215 Å². The molecule has 2 heterocycles. The third-order valence-corrected chi connectivity index (χ3v) is 7.70. The maximum Gasteiger partial charge on any atom is 0.219 e. The Morgan fingerprint density at radius 1 is 0.917 bits per heavy atom. The van der Waals surface area contributed by atoms with Crippen LogP contribution in [0.1, 0.15) is 36.5 Å². The number of nitrogens with zero attached hydrogens (tertiary/aromatic N) is 3. The van der Waals surface area contributed by atoms with E-state index in [0.29, 0.717) is 44.8 Å². The minimum Gasteiger partial charge on any atom is -0.490 e. The van der Waals surface area contributed by atoms with Crippen molar-refractivity contribution in [2.45, 2.75) is 51.7 Å². The molecule has 1 atom stereocenters. The molecule has 2 fully saturated rings. The van der Waals surface area contributed by atoms with Crippen LogP contribution in [0, 0.1) is 20.8 Å². The Bertz CT molecular complexity index is 1070. The molecule has 36 heavy (non-hydrogen) atoms. The Balaban J connectivity index is 1.41. The first-order valence-electron chi connectivity index (χ1n) is 13.0. The van der Waals surface area contributed by atoms with E-state index in [2.05, 4.69) is 47.9 Å². The standard InChI is InChI=1S/C29H41N3O4/c1-22-6-5-7-26(16-22)31-12-10-28(34,11-13-31)18-30-14-15-32(25(4)33)20-29(35,19-30)21-36-27-9-8-23(2)24(3)17-27/h5-9,16-17,34-35H,10-15,18-21H2,1-4H3. The molecular weight excluding hydrogens is 454 g/mol. The molecule has 0 aliphatic carbocycles. The quantitative estimate of drug-likeness (QED) is 0.642. The van der Waals surface area contributed by atoms with E-state index in [4.69, 9.17) is 4.74 Å². The monoisotopic (exact) mass is 495 g/mol. The van der Waals surface area contributed by atoms with Crippen LogP contribution in [0.5, 0.6) is 5.75 Å². The van der Waals surface area contributed by atoms with E-state index in [-0.39, 0.29) is 19.1 Å². The van der Waals surface area contributed by atoms with Crippen molar-refractivity contribution in [1.29, 1.82) is 0 Å². The number of aryl methyl sites for hydroxylation is 3. The summed E-state index contributed by atoms with van der Waals surface area (Å²) < 4.78 is 6.02.